The molecule has 0 atom stereocenters. The lowest BCUT2D eigenvalue weighted by atomic mass is 10.1. The highest BCUT2D eigenvalue weighted by molar-refractivity contribution is 6.35. The van der Waals surface area contributed by atoms with Crippen molar-refractivity contribution >= 4 is 13.3 Å². The van der Waals surface area contributed by atoms with E-state index in [4.69, 9.17) is 4.74 Å². The molecular weight excluding hydrogens is 205 g/mol. The van der Waals surface area contributed by atoms with Crippen LogP contribution >= 0.6 is 0 Å². The van der Waals surface area contributed by atoms with Gasteiger partial charge in [0, 0.05) is 0 Å². The zero-order valence-electron chi connectivity index (χ0n) is 8.29. The van der Waals surface area contributed by atoms with E-state index in [-0.39, 0.29) is 22.8 Å². The van der Waals surface area contributed by atoms with Crippen molar-refractivity contribution in [3.63, 3.8) is 0 Å². The maximum Gasteiger partial charge on any atom is 0.796 e. The lowest BCUT2D eigenvalue weighted by Crippen LogP contribution is -2.12. The van der Waals surface area contributed by atoms with Crippen LogP contribution in [0.2, 0.25) is 0 Å². The molecule has 0 saturated heterocycles. The molecule has 1 rings (SSSR count). The van der Waals surface area contributed by atoms with Crippen molar-refractivity contribution in [1.82, 2.24) is 0 Å². The third-order valence-electron chi connectivity index (χ3n) is 1.79. The number of methoxy groups -OCH3 is 1. The largest absolute Gasteiger partial charge is 0.796 e. The molecule has 0 spiro atoms. The van der Waals surface area contributed by atoms with Gasteiger partial charge in [0.25, 0.3) is 0 Å². The molecule has 0 amide bonds. The van der Waals surface area contributed by atoms with Crippen molar-refractivity contribution in [2.45, 2.75) is 6.92 Å². The number of ketones is 1. The Bertz CT molecular complexity index is 368. The van der Waals surface area contributed by atoms with Gasteiger partial charge in [0.2, 0.25) is 0 Å². The second-order valence-electron chi connectivity index (χ2n) is 2.77. The first-order valence-corrected chi connectivity index (χ1v) is 4.19. The fourth-order valence-electron chi connectivity index (χ4n) is 1.16. The first-order chi connectivity index (χ1) is 7.06. The molecule has 0 aliphatic rings. The Hall–Kier alpha value is -1.59. The normalized spacial score (nSPS) is 9.60. The van der Waals surface area contributed by atoms with Gasteiger partial charge in [-0.2, -0.15) is 0 Å². The second-order valence-corrected chi connectivity index (χ2v) is 2.77. The van der Waals surface area contributed by atoms with Crippen molar-refractivity contribution in [1.29, 1.82) is 0 Å². The number of hydrogen-bond acceptors (Lipinski definition) is 3. The summed E-state index contributed by atoms with van der Waals surface area (Å²) in [6.07, 6.45) is 0. The minimum atomic E-state index is -2.99. The van der Waals surface area contributed by atoms with Crippen LogP contribution in [0, 0.1) is 0 Å². The molecule has 0 unspecified atom stereocenters. The molecule has 6 heteroatoms. The molecule has 0 aliphatic heterocycles. The van der Waals surface area contributed by atoms with E-state index in [0.717, 1.165) is 0 Å². The zero-order chi connectivity index (χ0) is 11.4. The van der Waals surface area contributed by atoms with Crippen molar-refractivity contribution in [2.24, 2.45) is 0 Å². The van der Waals surface area contributed by atoms with Crippen LogP contribution in [0.25, 0.3) is 0 Å². The predicted octanol–water partition coefficient (Wildman–Crippen LogP) is 2.20. The number of ether oxygens (including phenoxy) is 1. The van der Waals surface area contributed by atoms with Gasteiger partial charge in [-0.1, -0.05) is 6.07 Å². The van der Waals surface area contributed by atoms with Crippen LogP contribution in [-0.4, -0.2) is 20.4 Å². The number of para-hydroxylation sites is 1. The second kappa shape index (κ2) is 4.77. The number of hydrogen-bond donors (Lipinski definition) is 0. The third-order valence-corrected chi connectivity index (χ3v) is 1.79. The molecule has 15 heavy (non-hydrogen) atoms. The van der Waals surface area contributed by atoms with E-state index in [0.29, 0.717) is 0 Å². The summed E-state index contributed by atoms with van der Waals surface area (Å²) in [6, 6.07) is 4.39. The minimum Gasteiger partial charge on any atom is -0.502 e. The third kappa shape index (κ3) is 2.68. The fraction of sp³-hybridized carbons (Fsp3) is 0.222. The highest BCUT2D eigenvalue weighted by Gasteiger charge is 2.23. The number of carbonyl (C=O) groups excluding carboxylic acids is 1. The summed E-state index contributed by atoms with van der Waals surface area (Å²) in [5, 5.41) is 0. The predicted molar refractivity (Wildman–Crippen MR) is 51.6 cm³/mol. The van der Waals surface area contributed by atoms with Gasteiger partial charge in [-0.3, -0.25) is 4.79 Å². The Labute approximate surface area is 86.2 Å². The average molecular weight is 214 g/mol. The van der Waals surface area contributed by atoms with Crippen LogP contribution < -0.4 is 9.39 Å². The molecule has 0 aliphatic carbocycles. The van der Waals surface area contributed by atoms with E-state index < -0.39 is 7.47 Å². The number of halogens is 2. The van der Waals surface area contributed by atoms with Gasteiger partial charge in [0.1, 0.15) is 0 Å². The molecular formula is C9H9BF2O3. The van der Waals surface area contributed by atoms with Crippen LogP contribution in [0.5, 0.6) is 11.5 Å². The standard InChI is InChI=1S/C9H9BF2O3/c1-6(13)7-4-3-5-8(14-2)9(7)15-10(11)12/h3-5H,1-2H3. The van der Waals surface area contributed by atoms with E-state index in [2.05, 4.69) is 4.65 Å². The van der Waals surface area contributed by atoms with E-state index >= 15 is 0 Å². The highest BCUT2D eigenvalue weighted by Crippen LogP contribution is 2.31. The summed E-state index contributed by atoms with van der Waals surface area (Å²) >= 11 is 0. The molecule has 3 nitrogen and oxygen atoms in total. The summed E-state index contributed by atoms with van der Waals surface area (Å²) < 4.78 is 33.3. The molecule has 0 N–H and O–H groups in total. The van der Waals surface area contributed by atoms with Crippen molar-refractivity contribution in [3.05, 3.63) is 23.8 Å². The number of rotatable bonds is 4. The van der Waals surface area contributed by atoms with Gasteiger partial charge in [-0.25, -0.2) is 8.63 Å². The van der Waals surface area contributed by atoms with E-state index in [1.165, 1.54) is 32.2 Å². The Morgan fingerprint density at radius 2 is 2.07 bits per heavy atom. The molecule has 0 bridgehead atoms. The first kappa shape index (κ1) is 11.5. The van der Waals surface area contributed by atoms with Crippen LogP contribution in [0.4, 0.5) is 8.63 Å². The monoisotopic (exact) mass is 214 g/mol. The topological polar surface area (TPSA) is 35.5 Å². The van der Waals surface area contributed by atoms with Gasteiger partial charge in [0.05, 0.1) is 12.7 Å². The lowest BCUT2D eigenvalue weighted by molar-refractivity contribution is 0.101. The lowest BCUT2D eigenvalue weighted by Gasteiger charge is -2.11. The van der Waals surface area contributed by atoms with Gasteiger partial charge in [0.15, 0.2) is 17.3 Å². The number of Topliss-reactive ketones (excluding diaryl/α,β-unsaturated/α-hetero) is 1. The summed E-state index contributed by atoms with van der Waals surface area (Å²) in [5.74, 6) is -0.463. The molecule has 0 fully saturated rings. The Kier molecular flexibility index (Phi) is 3.65. The maximum atomic E-state index is 12.1. The Morgan fingerprint density at radius 3 is 2.53 bits per heavy atom. The van der Waals surface area contributed by atoms with Gasteiger partial charge in [-0.05, 0) is 19.1 Å². The summed E-state index contributed by atoms with van der Waals surface area (Å²) in [4.78, 5) is 11.1. The van der Waals surface area contributed by atoms with Crippen LogP contribution in [0.3, 0.4) is 0 Å². The van der Waals surface area contributed by atoms with E-state index in [9.17, 15) is 13.4 Å². The molecule has 0 saturated carbocycles. The van der Waals surface area contributed by atoms with Crippen LogP contribution in [0.15, 0.2) is 18.2 Å². The average Bonchev–Trinajstić information content (AvgIpc) is 2.16. The molecule has 0 heterocycles. The van der Waals surface area contributed by atoms with E-state index in [1.807, 2.05) is 0 Å². The van der Waals surface area contributed by atoms with Gasteiger partial charge < -0.3 is 9.39 Å². The molecule has 0 radical (unpaired) electrons. The van der Waals surface area contributed by atoms with Crippen LogP contribution in [0.1, 0.15) is 17.3 Å². The molecule has 1 aromatic rings. The SMILES string of the molecule is COc1cccc(C(C)=O)c1OB(F)F. The van der Waals surface area contributed by atoms with Crippen molar-refractivity contribution < 1.29 is 22.8 Å². The zero-order valence-corrected chi connectivity index (χ0v) is 8.29. The molecule has 80 valence electrons. The van der Waals surface area contributed by atoms with E-state index in [1.54, 1.807) is 0 Å². The van der Waals surface area contributed by atoms with Crippen molar-refractivity contribution in [2.75, 3.05) is 7.11 Å². The van der Waals surface area contributed by atoms with Crippen LogP contribution in [-0.2, 0) is 0 Å². The Balaban J connectivity index is 3.20. The fourth-order valence-corrected chi connectivity index (χ4v) is 1.16. The highest BCUT2D eigenvalue weighted by atomic mass is 19.2. The first-order valence-electron chi connectivity index (χ1n) is 4.19. The van der Waals surface area contributed by atoms with Gasteiger partial charge >= 0.3 is 7.47 Å². The summed E-state index contributed by atoms with van der Waals surface area (Å²) in [5.41, 5.74) is 0.0784. The summed E-state index contributed by atoms with van der Waals surface area (Å²) in [7, 11) is -1.67. The van der Waals surface area contributed by atoms with Crippen molar-refractivity contribution in [3.8, 4) is 11.5 Å². The quantitative estimate of drug-likeness (QED) is 0.569. The number of carbonyl (C=O) groups is 1. The molecule has 1 aromatic carbocycles. The minimum absolute atomic E-state index is 0.0784. The number of benzene rings is 1. The Morgan fingerprint density at radius 1 is 1.40 bits per heavy atom. The van der Waals surface area contributed by atoms with Gasteiger partial charge in [-0.15, -0.1) is 0 Å². The smallest absolute Gasteiger partial charge is 0.502 e. The summed E-state index contributed by atoms with van der Waals surface area (Å²) in [6.45, 7) is 1.27. The molecule has 0 aromatic heterocycles. The maximum absolute atomic E-state index is 12.1.